The molecule has 0 spiro atoms. The maximum absolute atomic E-state index is 5.52. The molecule has 88 valence electrons. The molecule has 1 saturated heterocycles. The van der Waals surface area contributed by atoms with Gasteiger partial charge < -0.3 is 10.1 Å². The number of halogens is 1. The summed E-state index contributed by atoms with van der Waals surface area (Å²) in [6.07, 6.45) is 3.78. The van der Waals surface area contributed by atoms with Crippen molar-refractivity contribution in [1.82, 2.24) is 5.32 Å². The number of rotatable bonds is 2. The van der Waals surface area contributed by atoms with Crippen molar-refractivity contribution in [3.05, 3.63) is 27.7 Å². The molecule has 1 aromatic rings. The van der Waals surface area contributed by atoms with Gasteiger partial charge >= 0.3 is 0 Å². The molecule has 0 aromatic heterocycles. The number of benzene rings is 1. The van der Waals surface area contributed by atoms with Crippen molar-refractivity contribution in [1.29, 1.82) is 0 Å². The minimum atomic E-state index is 0.444. The van der Waals surface area contributed by atoms with Gasteiger partial charge in [0, 0.05) is 16.1 Å². The van der Waals surface area contributed by atoms with Crippen LogP contribution in [0.15, 0.2) is 16.6 Å². The Balaban J connectivity index is 2.36. The Morgan fingerprint density at radius 3 is 2.81 bits per heavy atom. The average Bonchev–Trinajstić information content (AvgIpc) is 2.29. The van der Waals surface area contributed by atoms with Gasteiger partial charge in [-0.15, -0.1) is 0 Å². The fourth-order valence-corrected chi connectivity index (χ4v) is 3.00. The Morgan fingerprint density at radius 1 is 1.38 bits per heavy atom. The SMILES string of the molecule is COc1c(C)cc(Br)cc1C1CCCCN1. The summed E-state index contributed by atoms with van der Waals surface area (Å²) in [6.45, 7) is 3.20. The van der Waals surface area contributed by atoms with Gasteiger partial charge in [-0.25, -0.2) is 0 Å². The predicted octanol–water partition coefficient (Wildman–Crippen LogP) is 3.58. The molecule has 1 aliphatic heterocycles. The van der Waals surface area contributed by atoms with Crippen LogP contribution in [-0.4, -0.2) is 13.7 Å². The lowest BCUT2D eigenvalue weighted by Crippen LogP contribution is -2.27. The number of piperidine rings is 1. The third kappa shape index (κ3) is 2.41. The summed E-state index contributed by atoms with van der Waals surface area (Å²) in [7, 11) is 1.75. The summed E-state index contributed by atoms with van der Waals surface area (Å²) in [5.74, 6) is 1.03. The van der Waals surface area contributed by atoms with Crippen LogP contribution in [0, 0.1) is 6.92 Å². The van der Waals surface area contributed by atoms with Crippen molar-refractivity contribution in [2.75, 3.05) is 13.7 Å². The van der Waals surface area contributed by atoms with E-state index in [9.17, 15) is 0 Å². The highest BCUT2D eigenvalue weighted by Crippen LogP contribution is 2.35. The van der Waals surface area contributed by atoms with Crippen LogP contribution in [0.4, 0.5) is 0 Å². The van der Waals surface area contributed by atoms with Gasteiger partial charge in [0.25, 0.3) is 0 Å². The average molecular weight is 284 g/mol. The minimum Gasteiger partial charge on any atom is -0.496 e. The molecule has 0 amide bonds. The second-order valence-corrected chi connectivity index (χ2v) is 5.26. The van der Waals surface area contributed by atoms with Crippen LogP contribution in [0.2, 0.25) is 0 Å². The Labute approximate surface area is 106 Å². The molecule has 3 heteroatoms. The summed E-state index contributed by atoms with van der Waals surface area (Å²) in [5, 5.41) is 3.56. The van der Waals surface area contributed by atoms with E-state index in [1.54, 1.807) is 7.11 Å². The van der Waals surface area contributed by atoms with E-state index in [0.29, 0.717) is 6.04 Å². The lowest BCUT2D eigenvalue weighted by atomic mass is 9.95. The number of methoxy groups -OCH3 is 1. The molecular formula is C13H18BrNO. The first-order valence-corrected chi connectivity index (χ1v) is 6.59. The van der Waals surface area contributed by atoms with Crippen LogP contribution >= 0.6 is 15.9 Å². The molecule has 1 aromatic carbocycles. The van der Waals surface area contributed by atoms with Crippen LogP contribution in [0.1, 0.15) is 36.4 Å². The lowest BCUT2D eigenvalue weighted by molar-refractivity contribution is 0.371. The molecule has 0 aliphatic carbocycles. The maximum atomic E-state index is 5.52. The fraction of sp³-hybridized carbons (Fsp3) is 0.538. The predicted molar refractivity (Wildman–Crippen MR) is 70.0 cm³/mol. The lowest BCUT2D eigenvalue weighted by Gasteiger charge is -2.26. The molecule has 2 nitrogen and oxygen atoms in total. The van der Waals surface area contributed by atoms with Crippen molar-refractivity contribution in [2.24, 2.45) is 0 Å². The highest BCUT2D eigenvalue weighted by Gasteiger charge is 2.20. The Hall–Kier alpha value is -0.540. The van der Waals surface area contributed by atoms with E-state index in [-0.39, 0.29) is 0 Å². The van der Waals surface area contributed by atoms with Crippen molar-refractivity contribution in [2.45, 2.75) is 32.2 Å². The molecule has 1 atom stereocenters. The standard InChI is InChI=1S/C13H18BrNO/c1-9-7-10(14)8-11(13(9)16-2)12-5-3-4-6-15-12/h7-8,12,15H,3-6H2,1-2H3. The van der Waals surface area contributed by atoms with Gasteiger partial charge in [0.2, 0.25) is 0 Å². The van der Waals surface area contributed by atoms with Crippen molar-refractivity contribution in [3.63, 3.8) is 0 Å². The zero-order valence-electron chi connectivity index (χ0n) is 9.85. The molecule has 1 fully saturated rings. The molecule has 16 heavy (non-hydrogen) atoms. The number of ether oxygens (including phenoxy) is 1. The number of hydrogen-bond donors (Lipinski definition) is 1. The van der Waals surface area contributed by atoms with Crippen LogP contribution in [0.25, 0.3) is 0 Å². The first-order valence-electron chi connectivity index (χ1n) is 5.80. The third-order valence-corrected chi connectivity index (χ3v) is 3.62. The second-order valence-electron chi connectivity index (χ2n) is 4.35. The monoisotopic (exact) mass is 283 g/mol. The Kier molecular flexibility index (Phi) is 3.87. The molecule has 1 aliphatic rings. The molecule has 2 rings (SSSR count). The van der Waals surface area contributed by atoms with Gasteiger partial charge in [-0.1, -0.05) is 22.4 Å². The molecule has 0 saturated carbocycles. The largest absolute Gasteiger partial charge is 0.496 e. The first kappa shape index (κ1) is 11.9. The molecule has 0 radical (unpaired) electrons. The van der Waals surface area contributed by atoms with Crippen molar-refractivity contribution in [3.8, 4) is 5.75 Å². The van der Waals surface area contributed by atoms with Crippen LogP contribution in [-0.2, 0) is 0 Å². The normalized spacial score (nSPS) is 20.8. The van der Waals surface area contributed by atoms with E-state index in [0.717, 1.165) is 16.8 Å². The van der Waals surface area contributed by atoms with E-state index < -0.39 is 0 Å². The van der Waals surface area contributed by atoms with E-state index in [1.165, 1.54) is 30.4 Å². The first-order chi connectivity index (χ1) is 7.72. The second kappa shape index (κ2) is 5.19. The summed E-state index contributed by atoms with van der Waals surface area (Å²) < 4.78 is 6.66. The van der Waals surface area contributed by atoms with Crippen LogP contribution < -0.4 is 10.1 Å². The Bertz CT molecular complexity index is 372. The molecule has 0 bridgehead atoms. The Morgan fingerprint density at radius 2 is 2.19 bits per heavy atom. The van der Waals surface area contributed by atoms with Gasteiger partial charge in [-0.05, 0) is 44.0 Å². The molecule has 1 unspecified atom stereocenters. The van der Waals surface area contributed by atoms with Gasteiger partial charge in [-0.3, -0.25) is 0 Å². The van der Waals surface area contributed by atoms with Crippen LogP contribution in [0.3, 0.4) is 0 Å². The smallest absolute Gasteiger partial charge is 0.126 e. The van der Waals surface area contributed by atoms with E-state index >= 15 is 0 Å². The zero-order valence-corrected chi connectivity index (χ0v) is 11.4. The molecule has 1 N–H and O–H groups in total. The summed E-state index contributed by atoms with van der Waals surface area (Å²) in [4.78, 5) is 0. The number of nitrogens with one attached hydrogen (secondary N) is 1. The van der Waals surface area contributed by atoms with Crippen LogP contribution in [0.5, 0.6) is 5.75 Å². The summed E-state index contributed by atoms with van der Waals surface area (Å²) in [6, 6.07) is 4.72. The minimum absolute atomic E-state index is 0.444. The highest BCUT2D eigenvalue weighted by atomic mass is 79.9. The van der Waals surface area contributed by atoms with Gasteiger partial charge in [0.1, 0.15) is 5.75 Å². The third-order valence-electron chi connectivity index (χ3n) is 3.16. The zero-order chi connectivity index (χ0) is 11.5. The molecule has 1 heterocycles. The van der Waals surface area contributed by atoms with Crippen molar-refractivity contribution >= 4 is 15.9 Å². The van der Waals surface area contributed by atoms with E-state index in [4.69, 9.17) is 4.74 Å². The van der Waals surface area contributed by atoms with E-state index in [1.807, 2.05) is 0 Å². The van der Waals surface area contributed by atoms with Gasteiger partial charge in [-0.2, -0.15) is 0 Å². The fourth-order valence-electron chi connectivity index (χ4n) is 2.41. The summed E-state index contributed by atoms with van der Waals surface area (Å²) in [5.41, 5.74) is 2.48. The molecular weight excluding hydrogens is 266 g/mol. The maximum Gasteiger partial charge on any atom is 0.126 e. The quantitative estimate of drug-likeness (QED) is 0.896. The van der Waals surface area contributed by atoms with Gasteiger partial charge in [0.05, 0.1) is 7.11 Å². The topological polar surface area (TPSA) is 21.3 Å². The number of aryl methyl sites for hydroxylation is 1. The van der Waals surface area contributed by atoms with Gasteiger partial charge in [0.15, 0.2) is 0 Å². The van der Waals surface area contributed by atoms with E-state index in [2.05, 4.69) is 40.3 Å². The summed E-state index contributed by atoms with van der Waals surface area (Å²) >= 11 is 3.56. The highest BCUT2D eigenvalue weighted by molar-refractivity contribution is 9.10. The number of hydrogen-bond acceptors (Lipinski definition) is 2. The van der Waals surface area contributed by atoms with Crippen molar-refractivity contribution < 1.29 is 4.74 Å².